The molecule has 4 aliphatic rings. The predicted octanol–water partition coefficient (Wildman–Crippen LogP) is 2.88. The number of aliphatic hydroxyl groups is 1. The first-order valence-corrected chi connectivity index (χ1v) is 16.0. The van der Waals surface area contributed by atoms with Crippen molar-refractivity contribution in [3.05, 3.63) is 52.7 Å². The monoisotopic (exact) mass is 741 g/mol. The van der Waals surface area contributed by atoms with E-state index in [1.54, 1.807) is 4.90 Å². The number of nitrogens with zero attached hydrogens (tertiary/aromatic N) is 6. The summed E-state index contributed by atoms with van der Waals surface area (Å²) in [4.78, 5) is 56.4. The Kier molecular flexibility index (Phi) is 8.16. The van der Waals surface area contributed by atoms with Gasteiger partial charge in [-0.1, -0.05) is 11.6 Å². The van der Waals surface area contributed by atoms with Crippen LogP contribution in [-0.4, -0.2) is 114 Å². The highest BCUT2D eigenvalue weighted by molar-refractivity contribution is 6.34. The van der Waals surface area contributed by atoms with Gasteiger partial charge in [0, 0.05) is 62.9 Å². The number of likely N-dealkylation sites (tertiary alicyclic amines) is 2. The third kappa shape index (κ3) is 6.41. The molecule has 0 unspecified atom stereocenters. The molecular weight excluding hydrogens is 713 g/mol. The van der Waals surface area contributed by atoms with E-state index in [0.717, 1.165) is 21.9 Å². The van der Waals surface area contributed by atoms with Crippen LogP contribution in [0.5, 0.6) is 0 Å². The number of β-amino-alcohol motifs (C(OH)–C–C–N with tert-alkyl or cyclic N) is 1. The Morgan fingerprint density at radius 3 is 2.29 bits per heavy atom. The minimum absolute atomic E-state index is 0.0118. The number of hydrogen-bond acceptors (Lipinski definition) is 7. The number of halogens is 6. The second kappa shape index (κ2) is 12.1. The highest BCUT2D eigenvalue weighted by Gasteiger charge is 2.60. The number of carbonyl (C=O) groups is 4. The maximum Gasteiger partial charge on any atom is 0.435 e. The fraction of sp³-hybridized carbons (Fsp3) is 0.467. The number of alkyl halides is 5. The average molecular weight is 742 g/mol. The van der Waals surface area contributed by atoms with Crippen LogP contribution in [0.25, 0.3) is 11.3 Å². The van der Waals surface area contributed by atoms with Crippen LogP contribution >= 0.6 is 11.6 Å². The Morgan fingerprint density at radius 1 is 1.02 bits per heavy atom. The van der Waals surface area contributed by atoms with Gasteiger partial charge in [-0.2, -0.15) is 18.3 Å². The molecule has 2 saturated carbocycles. The first-order chi connectivity index (χ1) is 23.9. The van der Waals surface area contributed by atoms with Gasteiger partial charge in [0.15, 0.2) is 11.5 Å². The van der Waals surface area contributed by atoms with Gasteiger partial charge in [-0.25, -0.2) is 23.4 Å². The van der Waals surface area contributed by atoms with E-state index in [4.69, 9.17) is 16.7 Å². The third-order valence-electron chi connectivity index (χ3n) is 9.70. The Hall–Kier alpha value is -4.98. The molecule has 2 aliphatic carbocycles. The van der Waals surface area contributed by atoms with Gasteiger partial charge in [0.25, 0.3) is 17.7 Å². The zero-order chi connectivity index (χ0) is 36.7. The number of carboxylic acid groups (broad SMARTS) is 1. The van der Waals surface area contributed by atoms with Crippen LogP contribution < -0.4 is 16.0 Å². The Bertz CT molecular complexity index is 1940. The third-order valence-corrected chi connectivity index (χ3v) is 10.0. The average Bonchev–Trinajstić information content (AvgIpc) is 3.50. The molecule has 0 spiro atoms. The van der Waals surface area contributed by atoms with Crippen LogP contribution in [0.1, 0.15) is 39.1 Å². The number of amides is 5. The molecule has 3 aromatic rings. The molecule has 6 atom stereocenters. The van der Waals surface area contributed by atoms with Crippen molar-refractivity contribution in [2.45, 2.75) is 42.7 Å². The first kappa shape index (κ1) is 34.5. The van der Waals surface area contributed by atoms with Crippen LogP contribution in [0.3, 0.4) is 0 Å². The van der Waals surface area contributed by atoms with Crippen LogP contribution in [-0.2, 0) is 13.2 Å². The van der Waals surface area contributed by atoms with Gasteiger partial charge in [0.2, 0.25) is 0 Å². The maximum absolute atomic E-state index is 13.8. The summed E-state index contributed by atoms with van der Waals surface area (Å²) in [5.41, 5.74) is -1.85. The predicted molar refractivity (Wildman–Crippen MR) is 165 cm³/mol. The number of rotatable bonds is 7. The number of fused-ring (bicyclic) bond motifs is 1. The zero-order valence-corrected chi connectivity index (χ0v) is 27.1. The van der Waals surface area contributed by atoms with Gasteiger partial charge in [-0.3, -0.25) is 14.3 Å². The number of imidazole rings is 1. The second-order valence-corrected chi connectivity index (χ2v) is 13.5. The molecule has 0 bridgehead atoms. The molecule has 272 valence electrons. The van der Waals surface area contributed by atoms with E-state index in [9.17, 15) is 46.2 Å². The quantitative estimate of drug-likeness (QED) is 0.229. The van der Waals surface area contributed by atoms with E-state index in [0.29, 0.717) is 17.8 Å². The van der Waals surface area contributed by atoms with E-state index in [2.05, 4.69) is 26.0 Å². The first-order valence-electron chi connectivity index (χ1n) is 15.6. The number of piperidine rings is 1. The summed E-state index contributed by atoms with van der Waals surface area (Å²) >= 11 is 6.37. The summed E-state index contributed by atoms with van der Waals surface area (Å²) in [5.74, 6) is -4.81. The molecule has 7 rings (SSSR count). The molecule has 2 aliphatic heterocycles. The molecule has 21 heteroatoms. The van der Waals surface area contributed by atoms with Crippen molar-refractivity contribution in [3.63, 3.8) is 0 Å². The maximum atomic E-state index is 13.8. The van der Waals surface area contributed by atoms with Crippen LogP contribution in [0.2, 0.25) is 5.02 Å². The fourth-order valence-corrected chi connectivity index (χ4v) is 7.01. The van der Waals surface area contributed by atoms with E-state index in [-0.39, 0.29) is 58.8 Å². The fourth-order valence-electron chi connectivity index (χ4n) is 6.74. The van der Waals surface area contributed by atoms with Gasteiger partial charge >= 0.3 is 18.3 Å². The summed E-state index contributed by atoms with van der Waals surface area (Å²) in [5, 5.41) is 30.6. The van der Waals surface area contributed by atoms with Crippen molar-refractivity contribution >= 4 is 41.2 Å². The van der Waals surface area contributed by atoms with E-state index >= 15 is 0 Å². The number of aromatic nitrogens is 4. The molecule has 1 aromatic carbocycles. The molecule has 5 amide bonds. The van der Waals surface area contributed by atoms with Crippen molar-refractivity contribution in [3.8, 4) is 11.3 Å². The summed E-state index contributed by atoms with van der Waals surface area (Å²) in [7, 11) is 1.29. The molecular formula is C30H29ClF5N9O6. The zero-order valence-electron chi connectivity index (χ0n) is 26.4. The molecule has 0 radical (unpaired) electrons. The van der Waals surface area contributed by atoms with Crippen LogP contribution in [0.15, 0.2) is 30.6 Å². The molecule has 5 N–H and O–H groups in total. The highest BCUT2D eigenvalue weighted by Crippen LogP contribution is 2.53. The number of nitrogens with one attached hydrogen (secondary N) is 3. The molecule has 15 nitrogen and oxygen atoms in total. The number of anilines is 1. The van der Waals surface area contributed by atoms with Gasteiger partial charge < -0.3 is 40.5 Å². The lowest BCUT2D eigenvalue weighted by Crippen LogP contribution is -2.50. The summed E-state index contributed by atoms with van der Waals surface area (Å²) in [6, 6.07) is 1.19. The Balaban J connectivity index is 0.944. The largest absolute Gasteiger partial charge is 0.465 e. The van der Waals surface area contributed by atoms with Crippen molar-refractivity contribution in [1.29, 1.82) is 0 Å². The number of urea groups is 1. The smallest absolute Gasteiger partial charge is 0.435 e. The van der Waals surface area contributed by atoms with Crippen LogP contribution in [0, 0.1) is 11.8 Å². The number of benzene rings is 1. The van der Waals surface area contributed by atoms with E-state index < -0.39 is 71.9 Å². The van der Waals surface area contributed by atoms with Gasteiger partial charge in [-0.15, -0.1) is 0 Å². The molecule has 4 heterocycles. The van der Waals surface area contributed by atoms with E-state index in [1.807, 2.05) is 0 Å². The summed E-state index contributed by atoms with van der Waals surface area (Å²) in [6.45, 7) is 0.564. The van der Waals surface area contributed by atoms with Crippen molar-refractivity contribution in [2.75, 3.05) is 31.5 Å². The van der Waals surface area contributed by atoms with Crippen molar-refractivity contribution in [2.24, 2.45) is 18.9 Å². The normalized spacial score (nSPS) is 26.1. The second-order valence-electron chi connectivity index (χ2n) is 13.1. The standard InChI is InChI=1S/C30H29ClF5N9O6/c1-42-19(16-9-45(21-5-29(21,32)33)41-23(16)30(34,35)36)6-37-24(42)26(48)38-12-2-3-13(17(31)4-12)25(47)40-22-14-7-43(8-15(14)22)27(49)39-18-10-44(28(50)51)11-20(18)46/h2-4,6,9,14-15,18,20-22,46H,5,7-8,10-11H2,1H3,(H,38,48)(H,39,49)(H,40,47)(H,50,51)/t14-,15+,18-,20-,21-,22+/m0/s1. The van der Waals surface area contributed by atoms with E-state index in [1.165, 1.54) is 25.2 Å². The Morgan fingerprint density at radius 2 is 1.71 bits per heavy atom. The molecule has 2 saturated heterocycles. The number of carbonyl (C=O) groups excluding carboxylic acids is 3. The number of hydrogen-bond donors (Lipinski definition) is 5. The van der Waals surface area contributed by atoms with Crippen molar-refractivity contribution in [1.82, 2.24) is 39.8 Å². The lowest BCUT2D eigenvalue weighted by Gasteiger charge is -2.24. The number of aliphatic hydroxyl groups excluding tert-OH is 1. The Labute approximate surface area is 289 Å². The van der Waals surface area contributed by atoms with Gasteiger partial charge in [0.05, 0.1) is 46.7 Å². The van der Waals surface area contributed by atoms with Crippen molar-refractivity contribution < 1.29 is 51.3 Å². The van der Waals surface area contributed by atoms with Crippen LogP contribution in [0.4, 0.5) is 37.2 Å². The topological polar surface area (TPSA) is 187 Å². The highest BCUT2D eigenvalue weighted by atomic mass is 35.5. The molecule has 4 fully saturated rings. The minimum atomic E-state index is -4.97. The lowest BCUT2D eigenvalue weighted by molar-refractivity contribution is -0.141. The SMILES string of the molecule is Cn1c(-c2cn([C@H]3CC3(F)F)nc2C(F)(F)F)cnc1C(=O)Nc1ccc(C(=O)N[C@H]2[C@@H]3CN(C(=O)N[C@H]4CN(C(=O)O)C[C@@H]4O)C[C@@H]32)c(Cl)c1. The van der Waals surface area contributed by atoms with Gasteiger partial charge in [-0.05, 0) is 18.2 Å². The lowest BCUT2D eigenvalue weighted by atomic mass is 10.2. The summed E-state index contributed by atoms with van der Waals surface area (Å²) in [6.07, 6.45) is -5.95. The molecule has 51 heavy (non-hydrogen) atoms. The van der Waals surface area contributed by atoms with Gasteiger partial charge in [0.1, 0.15) is 6.04 Å². The molecule has 2 aromatic heterocycles. The summed E-state index contributed by atoms with van der Waals surface area (Å²) < 4.78 is 70.1. The minimum Gasteiger partial charge on any atom is -0.465 e.